The second-order valence-electron chi connectivity index (χ2n) is 6.79. The molecule has 6 nitrogen and oxygen atoms in total. The molecule has 0 saturated heterocycles. The smallest absolute Gasteiger partial charge is 0.216 e. The standard InChI is InChI=1S/C21H22N4O2S/c1-24(2)11-12-25-15-16(20-5-3-4-6-21(20)25)13-19(14-22)28(26,27)18-9-7-17(23)8-10-18/h3-10,13,15H,11-12,23H2,1-2H3/b19-13+. The molecule has 144 valence electrons. The number of benzene rings is 2. The Bertz CT molecular complexity index is 1170. The van der Waals surface area contributed by atoms with Gasteiger partial charge in [-0.3, -0.25) is 0 Å². The number of rotatable bonds is 6. The summed E-state index contributed by atoms with van der Waals surface area (Å²) in [6.45, 7) is 1.60. The molecule has 1 heterocycles. The monoisotopic (exact) mass is 394 g/mol. The predicted molar refractivity (Wildman–Crippen MR) is 112 cm³/mol. The highest BCUT2D eigenvalue weighted by molar-refractivity contribution is 7.95. The molecule has 3 rings (SSSR count). The van der Waals surface area contributed by atoms with E-state index in [2.05, 4.69) is 9.47 Å². The second kappa shape index (κ2) is 7.89. The number of nitrogen functional groups attached to an aromatic ring is 1. The number of fused-ring (bicyclic) bond motifs is 1. The Morgan fingerprint density at radius 3 is 2.50 bits per heavy atom. The number of aromatic nitrogens is 1. The van der Waals surface area contributed by atoms with Gasteiger partial charge in [0.15, 0.2) is 0 Å². The summed E-state index contributed by atoms with van der Waals surface area (Å²) in [6, 6.07) is 15.5. The number of nitrogens with two attached hydrogens (primary N) is 1. The lowest BCUT2D eigenvalue weighted by Gasteiger charge is -2.10. The van der Waals surface area contributed by atoms with Crippen LogP contribution >= 0.6 is 0 Å². The lowest BCUT2D eigenvalue weighted by molar-refractivity contribution is 0.387. The van der Waals surface area contributed by atoms with Crippen molar-refractivity contribution < 1.29 is 8.42 Å². The minimum absolute atomic E-state index is 0.0471. The van der Waals surface area contributed by atoms with Crippen LogP contribution in [0.5, 0.6) is 0 Å². The maximum Gasteiger partial charge on any atom is 0.216 e. The molecule has 0 aliphatic carbocycles. The van der Waals surface area contributed by atoms with E-state index in [0.717, 1.165) is 24.0 Å². The van der Waals surface area contributed by atoms with Gasteiger partial charge in [-0.05, 0) is 50.5 Å². The van der Waals surface area contributed by atoms with Crippen molar-refractivity contribution in [2.75, 3.05) is 26.4 Å². The normalized spacial score (nSPS) is 12.4. The number of nitrogens with zero attached hydrogens (tertiary/aromatic N) is 3. The summed E-state index contributed by atoms with van der Waals surface area (Å²) in [4.78, 5) is 1.83. The topological polar surface area (TPSA) is 92.1 Å². The average Bonchev–Trinajstić information content (AvgIpc) is 3.02. The van der Waals surface area contributed by atoms with E-state index in [1.165, 1.54) is 30.3 Å². The quantitative estimate of drug-likeness (QED) is 0.512. The summed E-state index contributed by atoms with van der Waals surface area (Å²) in [5, 5.41) is 10.5. The molecule has 0 atom stereocenters. The molecule has 0 aliphatic rings. The van der Waals surface area contributed by atoms with Gasteiger partial charge in [0.25, 0.3) is 0 Å². The number of hydrogen-bond acceptors (Lipinski definition) is 5. The highest BCUT2D eigenvalue weighted by atomic mass is 32.2. The van der Waals surface area contributed by atoms with E-state index in [0.29, 0.717) is 11.3 Å². The van der Waals surface area contributed by atoms with Crippen LogP contribution in [0.1, 0.15) is 5.56 Å². The van der Waals surface area contributed by atoms with Crippen LogP contribution < -0.4 is 5.73 Å². The zero-order chi connectivity index (χ0) is 20.3. The highest BCUT2D eigenvalue weighted by Gasteiger charge is 2.21. The molecular weight excluding hydrogens is 372 g/mol. The first kappa shape index (κ1) is 19.7. The van der Waals surface area contributed by atoms with E-state index < -0.39 is 9.84 Å². The number of allylic oxidation sites excluding steroid dienone is 1. The zero-order valence-electron chi connectivity index (χ0n) is 15.8. The molecule has 0 saturated carbocycles. The lowest BCUT2D eigenvalue weighted by atomic mass is 10.1. The van der Waals surface area contributed by atoms with Crippen LogP contribution in [0.25, 0.3) is 17.0 Å². The molecule has 3 aromatic rings. The molecule has 0 aliphatic heterocycles. The summed E-state index contributed by atoms with van der Waals surface area (Å²) in [5.74, 6) is 0. The van der Waals surface area contributed by atoms with Crippen molar-refractivity contribution in [2.24, 2.45) is 0 Å². The molecule has 0 unspecified atom stereocenters. The molecule has 0 spiro atoms. The Labute approximate surface area is 165 Å². The predicted octanol–water partition coefficient (Wildman–Crippen LogP) is 3.12. The first-order valence-corrected chi connectivity index (χ1v) is 10.3. The van der Waals surface area contributed by atoms with Crippen LogP contribution in [0, 0.1) is 11.3 Å². The van der Waals surface area contributed by atoms with Crippen LogP contribution in [-0.2, 0) is 16.4 Å². The van der Waals surface area contributed by atoms with Gasteiger partial charge in [-0.1, -0.05) is 18.2 Å². The first-order chi connectivity index (χ1) is 13.3. The molecular formula is C21H22N4O2S. The summed E-state index contributed by atoms with van der Waals surface area (Å²) in [7, 11) is 0.0747. The Kier molecular flexibility index (Phi) is 5.54. The fourth-order valence-corrected chi connectivity index (χ4v) is 4.12. The number of nitriles is 1. The van der Waals surface area contributed by atoms with Crippen molar-refractivity contribution in [1.82, 2.24) is 9.47 Å². The van der Waals surface area contributed by atoms with Gasteiger partial charge >= 0.3 is 0 Å². The summed E-state index contributed by atoms with van der Waals surface area (Å²) < 4.78 is 27.9. The van der Waals surface area contributed by atoms with E-state index in [1.807, 2.05) is 50.6 Å². The number of para-hydroxylation sites is 1. The molecule has 28 heavy (non-hydrogen) atoms. The Morgan fingerprint density at radius 1 is 1.18 bits per heavy atom. The van der Waals surface area contributed by atoms with Crippen molar-refractivity contribution in [1.29, 1.82) is 5.26 Å². The second-order valence-corrected chi connectivity index (χ2v) is 8.71. The van der Waals surface area contributed by atoms with Gasteiger partial charge in [-0.15, -0.1) is 0 Å². The third kappa shape index (κ3) is 3.93. The number of likely N-dealkylation sites (N-methyl/N-ethyl adjacent to an activating group) is 1. The van der Waals surface area contributed by atoms with Crippen molar-refractivity contribution in [2.45, 2.75) is 11.4 Å². The van der Waals surface area contributed by atoms with Gasteiger partial charge in [0.1, 0.15) is 11.0 Å². The Balaban J connectivity index is 2.09. The van der Waals surface area contributed by atoms with Gasteiger partial charge in [0.2, 0.25) is 9.84 Å². The van der Waals surface area contributed by atoms with E-state index >= 15 is 0 Å². The number of hydrogen-bond donors (Lipinski definition) is 1. The van der Waals surface area contributed by atoms with Gasteiger partial charge in [-0.2, -0.15) is 5.26 Å². The van der Waals surface area contributed by atoms with E-state index in [-0.39, 0.29) is 9.80 Å². The molecule has 0 amide bonds. The van der Waals surface area contributed by atoms with Crippen LogP contribution in [0.15, 0.2) is 64.5 Å². The highest BCUT2D eigenvalue weighted by Crippen LogP contribution is 2.27. The van der Waals surface area contributed by atoms with Gasteiger partial charge < -0.3 is 15.2 Å². The number of anilines is 1. The third-order valence-corrected chi connectivity index (χ3v) is 6.17. The average molecular weight is 395 g/mol. The van der Waals surface area contributed by atoms with Crippen molar-refractivity contribution in [3.8, 4) is 6.07 Å². The zero-order valence-corrected chi connectivity index (χ0v) is 16.6. The van der Waals surface area contributed by atoms with E-state index in [1.54, 1.807) is 0 Å². The Morgan fingerprint density at radius 2 is 1.86 bits per heavy atom. The minimum atomic E-state index is -3.92. The van der Waals surface area contributed by atoms with Crippen molar-refractivity contribution in [3.63, 3.8) is 0 Å². The van der Waals surface area contributed by atoms with Crippen molar-refractivity contribution >= 4 is 32.5 Å². The maximum atomic E-state index is 12.9. The molecule has 0 fully saturated rings. The molecule has 0 bridgehead atoms. The largest absolute Gasteiger partial charge is 0.399 e. The van der Waals surface area contributed by atoms with Gasteiger partial charge in [0, 0.05) is 41.4 Å². The minimum Gasteiger partial charge on any atom is -0.399 e. The van der Waals surface area contributed by atoms with Crippen LogP contribution in [-0.4, -0.2) is 38.5 Å². The van der Waals surface area contributed by atoms with E-state index in [9.17, 15) is 13.7 Å². The van der Waals surface area contributed by atoms with Crippen LogP contribution in [0.2, 0.25) is 0 Å². The fraction of sp³-hybridized carbons (Fsp3) is 0.190. The van der Waals surface area contributed by atoms with Crippen LogP contribution in [0.4, 0.5) is 5.69 Å². The van der Waals surface area contributed by atoms with Gasteiger partial charge in [-0.25, -0.2) is 8.42 Å². The maximum absolute atomic E-state index is 12.9. The summed E-state index contributed by atoms with van der Waals surface area (Å²) in [5.41, 5.74) is 7.80. The molecule has 2 N–H and O–H groups in total. The number of sulfone groups is 1. The molecule has 7 heteroatoms. The van der Waals surface area contributed by atoms with E-state index in [4.69, 9.17) is 5.73 Å². The molecule has 1 aromatic heterocycles. The van der Waals surface area contributed by atoms with Crippen LogP contribution in [0.3, 0.4) is 0 Å². The fourth-order valence-electron chi connectivity index (χ4n) is 2.97. The SMILES string of the molecule is CN(C)CCn1cc(/C=C(\C#N)S(=O)(=O)c2ccc(N)cc2)c2ccccc21. The Hall–Kier alpha value is -3.08. The lowest BCUT2D eigenvalue weighted by Crippen LogP contribution is -2.17. The summed E-state index contributed by atoms with van der Waals surface area (Å²) >= 11 is 0. The third-order valence-electron chi connectivity index (χ3n) is 4.48. The summed E-state index contributed by atoms with van der Waals surface area (Å²) in [6.07, 6.45) is 3.34. The van der Waals surface area contributed by atoms with Gasteiger partial charge in [0.05, 0.1) is 4.90 Å². The van der Waals surface area contributed by atoms with Crippen molar-refractivity contribution in [3.05, 3.63) is 65.2 Å². The first-order valence-electron chi connectivity index (χ1n) is 8.78. The molecule has 2 aromatic carbocycles. The molecule has 0 radical (unpaired) electrons.